The Morgan fingerprint density at radius 2 is 1.64 bits per heavy atom. The number of sulfonamides is 1. The molecule has 8 nitrogen and oxygen atoms in total. The molecule has 0 radical (unpaired) electrons. The van der Waals surface area contributed by atoms with Crippen LogP contribution in [-0.4, -0.2) is 34.8 Å². The summed E-state index contributed by atoms with van der Waals surface area (Å²) in [7, 11) is -0.450. The molecule has 3 aromatic rings. The lowest BCUT2D eigenvalue weighted by Gasteiger charge is -2.16. The molecule has 0 aliphatic carbocycles. The van der Waals surface area contributed by atoms with E-state index in [0.29, 0.717) is 28.3 Å². The molecular weight excluding hydrogens is 444 g/mol. The van der Waals surface area contributed by atoms with Crippen LogP contribution in [0, 0.1) is 6.92 Å². The van der Waals surface area contributed by atoms with Crippen LogP contribution in [0.2, 0.25) is 0 Å². The van der Waals surface area contributed by atoms with Crippen molar-refractivity contribution in [3.63, 3.8) is 0 Å². The van der Waals surface area contributed by atoms with Crippen molar-refractivity contribution < 1.29 is 27.4 Å². The minimum absolute atomic E-state index is 0.0776. The Labute approximate surface area is 193 Å². The minimum Gasteiger partial charge on any atom is -0.497 e. The summed E-state index contributed by atoms with van der Waals surface area (Å²) in [5.41, 5.74) is 2.95. The second-order valence-corrected chi connectivity index (χ2v) is 9.12. The Morgan fingerprint density at radius 1 is 0.909 bits per heavy atom. The summed E-state index contributed by atoms with van der Waals surface area (Å²) in [5, 5.41) is 2.81. The van der Waals surface area contributed by atoms with Crippen molar-refractivity contribution in [1.82, 2.24) is 0 Å². The van der Waals surface area contributed by atoms with Crippen molar-refractivity contribution in [2.45, 2.75) is 13.5 Å². The van der Waals surface area contributed by atoms with Crippen LogP contribution in [0.4, 0.5) is 11.4 Å². The van der Waals surface area contributed by atoms with Crippen LogP contribution in [0.25, 0.3) is 0 Å². The van der Waals surface area contributed by atoms with Crippen molar-refractivity contribution in [2.24, 2.45) is 0 Å². The second-order valence-electron chi connectivity index (χ2n) is 7.37. The van der Waals surface area contributed by atoms with E-state index in [-0.39, 0.29) is 24.0 Å². The maximum atomic E-state index is 12.6. The van der Waals surface area contributed by atoms with Crippen LogP contribution in [0.5, 0.6) is 17.2 Å². The Kier molecular flexibility index (Phi) is 7.44. The van der Waals surface area contributed by atoms with E-state index >= 15 is 0 Å². The van der Waals surface area contributed by atoms with Crippen molar-refractivity contribution in [3.8, 4) is 17.2 Å². The van der Waals surface area contributed by atoms with Gasteiger partial charge in [-0.15, -0.1) is 0 Å². The minimum atomic E-state index is -3.55. The average molecular weight is 471 g/mol. The second kappa shape index (κ2) is 10.3. The number of hydrogen-bond donors (Lipinski definition) is 2. The summed E-state index contributed by atoms with van der Waals surface area (Å²) in [6.45, 7) is 2.02. The largest absolute Gasteiger partial charge is 0.497 e. The molecule has 0 spiro atoms. The summed E-state index contributed by atoms with van der Waals surface area (Å²) in [6.07, 6.45) is 1.05. The zero-order valence-electron chi connectivity index (χ0n) is 18.8. The molecule has 174 valence electrons. The van der Waals surface area contributed by atoms with E-state index in [4.69, 9.17) is 14.2 Å². The number of nitrogens with one attached hydrogen (secondary N) is 2. The molecule has 3 rings (SSSR count). The van der Waals surface area contributed by atoms with Gasteiger partial charge in [-0.3, -0.25) is 9.52 Å². The van der Waals surface area contributed by atoms with Gasteiger partial charge >= 0.3 is 0 Å². The molecule has 9 heteroatoms. The monoisotopic (exact) mass is 470 g/mol. The number of anilines is 2. The third-order valence-corrected chi connectivity index (χ3v) is 5.31. The maximum Gasteiger partial charge on any atom is 0.255 e. The zero-order valence-corrected chi connectivity index (χ0v) is 19.7. The van der Waals surface area contributed by atoms with Crippen LogP contribution < -0.4 is 24.2 Å². The number of benzene rings is 3. The predicted molar refractivity (Wildman–Crippen MR) is 128 cm³/mol. The molecule has 2 N–H and O–H groups in total. The topological polar surface area (TPSA) is 103 Å². The van der Waals surface area contributed by atoms with Gasteiger partial charge in [0.1, 0.15) is 23.9 Å². The molecule has 0 aliphatic heterocycles. The van der Waals surface area contributed by atoms with Crippen LogP contribution in [0.15, 0.2) is 60.7 Å². The van der Waals surface area contributed by atoms with Crippen LogP contribution >= 0.6 is 0 Å². The van der Waals surface area contributed by atoms with E-state index in [1.807, 2.05) is 19.1 Å². The van der Waals surface area contributed by atoms with E-state index in [0.717, 1.165) is 11.8 Å². The quantitative estimate of drug-likeness (QED) is 0.486. The highest BCUT2D eigenvalue weighted by atomic mass is 32.2. The first-order valence-corrected chi connectivity index (χ1v) is 11.9. The average Bonchev–Trinajstić information content (AvgIpc) is 2.78. The number of aryl methyl sites for hydroxylation is 1. The lowest BCUT2D eigenvalue weighted by Crippen LogP contribution is -2.13. The molecule has 0 unspecified atom stereocenters. The summed E-state index contributed by atoms with van der Waals surface area (Å²) >= 11 is 0. The maximum absolute atomic E-state index is 12.6. The Bertz CT molecular complexity index is 1240. The van der Waals surface area contributed by atoms with Crippen molar-refractivity contribution in [3.05, 3.63) is 77.4 Å². The van der Waals surface area contributed by atoms with Crippen LogP contribution in [0.1, 0.15) is 21.5 Å². The number of amides is 1. The highest BCUT2D eigenvalue weighted by molar-refractivity contribution is 7.92. The van der Waals surface area contributed by atoms with Crippen LogP contribution in [0.3, 0.4) is 0 Å². The number of hydrogen-bond acceptors (Lipinski definition) is 6. The van der Waals surface area contributed by atoms with E-state index in [1.54, 1.807) is 56.7 Å². The third kappa shape index (κ3) is 6.63. The van der Waals surface area contributed by atoms with Gasteiger partial charge in [0.25, 0.3) is 5.91 Å². The molecule has 0 heterocycles. The van der Waals surface area contributed by atoms with Crippen LogP contribution in [-0.2, 0) is 16.6 Å². The number of carbonyl (C=O) groups excluding carboxylic acids is 1. The predicted octanol–water partition coefficient (Wildman–Crippen LogP) is 4.22. The SMILES string of the molecule is COc1ccc(OC)c(COc2cc(NC(=O)c3ccc(C)cc3)ccc2NS(C)(=O)=O)c1. The van der Waals surface area contributed by atoms with E-state index < -0.39 is 10.0 Å². The first-order chi connectivity index (χ1) is 15.7. The van der Waals surface area contributed by atoms with Gasteiger partial charge in [0.05, 0.1) is 26.2 Å². The molecule has 1 amide bonds. The fourth-order valence-electron chi connectivity index (χ4n) is 3.06. The zero-order chi connectivity index (χ0) is 24.0. The van der Waals surface area contributed by atoms with E-state index in [1.165, 1.54) is 6.07 Å². The van der Waals surface area contributed by atoms with Crippen molar-refractivity contribution in [1.29, 1.82) is 0 Å². The van der Waals surface area contributed by atoms with E-state index in [2.05, 4.69) is 10.0 Å². The van der Waals surface area contributed by atoms with Crippen molar-refractivity contribution >= 4 is 27.3 Å². The normalized spacial score (nSPS) is 10.9. The van der Waals surface area contributed by atoms with Gasteiger partial charge in [0.15, 0.2) is 0 Å². The van der Waals surface area contributed by atoms with Gasteiger partial charge in [-0.25, -0.2) is 8.42 Å². The molecule has 33 heavy (non-hydrogen) atoms. The van der Waals surface area contributed by atoms with E-state index in [9.17, 15) is 13.2 Å². The smallest absolute Gasteiger partial charge is 0.255 e. The van der Waals surface area contributed by atoms with Gasteiger partial charge in [-0.05, 0) is 49.4 Å². The van der Waals surface area contributed by atoms with Gasteiger partial charge in [-0.1, -0.05) is 17.7 Å². The first kappa shape index (κ1) is 23.9. The lowest BCUT2D eigenvalue weighted by molar-refractivity contribution is 0.102. The van der Waals surface area contributed by atoms with Gasteiger partial charge in [0.2, 0.25) is 10.0 Å². The Hall–Kier alpha value is -3.72. The molecule has 0 aliphatic rings. The molecule has 0 aromatic heterocycles. The fraction of sp³-hybridized carbons (Fsp3) is 0.208. The fourth-order valence-corrected chi connectivity index (χ4v) is 3.63. The summed E-state index contributed by atoms with van der Waals surface area (Å²) in [5.74, 6) is 1.17. The highest BCUT2D eigenvalue weighted by Gasteiger charge is 2.14. The third-order valence-electron chi connectivity index (χ3n) is 4.72. The Balaban J connectivity index is 1.87. The number of ether oxygens (including phenoxy) is 3. The number of methoxy groups -OCH3 is 2. The summed E-state index contributed by atoms with van der Waals surface area (Å²) in [6, 6.07) is 17.1. The summed E-state index contributed by atoms with van der Waals surface area (Å²) in [4.78, 5) is 12.6. The molecule has 0 bridgehead atoms. The molecule has 0 saturated carbocycles. The first-order valence-electron chi connectivity index (χ1n) is 10.0. The summed E-state index contributed by atoms with van der Waals surface area (Å²) < 4.78 is 42.6. The number of carbonyl (C=O) groups is 1. The molecular formula is C24H26N2O6S. The van der Waals surface area contributed by atoms with Crippen molar-refractivity contribution in [2.75, 3.05) is 30.5 Å². The van der Waals surface area contributed by atoms with Gasteiger partial charge in [-0.2, -0.15) is 0 Å². The number of rotatable bonds is 9. The standard InChI is InChI=1S/C24H26N2O6S/c1-16-5-7-17(8-6-16)24(27)25-19-9-11-21(26-33(4,28)29)23(14-19)32-15-18-13-20(30-2)10-12-22(18)31-3/h5-14,26H,15H2,1-4H3,(H,25,27). The van der Waals surface area contributed by atoms with Gasteiger partial charge in [0, 0.05) is 22.9 Å². The highest BCUT2D eigenvalue weighted by Crippen LogP contribution is 2.32. The Morgan fingerprint density at radius 3 is 2.27 bits per heavy atom. The van der Waals surface area contributed by atoms with Gasteiger partial charge < -0.3 is 19.5 Å². The molecule has 0 atom stereocenters. The molecule has 0 saturated heterocycles. The molecule has 3 aromatic carbocycles. The molecule has 0 fully saturated rings. The lowest BCUT2D eigenvalue weighted by atomic mass is 10.1.